The van der Waals surface area contributed by atoms with Crippen LogP contribution in [-0.2, 0) is 4.79 Å². The van der Waals surface area contributed by atoms with E-state index in [1.165, 1.54) is 24.2 Å². The molecule has 5 heteroatoms. The average Bonchev–Trinajstić information content (AvgIpc) is 2.76. The first-order chi connectivity index (χ1) is 11.7. The van der Waals surface area contributed by atoms with Crippen LogP contribution >= 0.6 is 0 Å². The number of hydrogen-bond acceptors (Lipinski definition) is 3. The van der Waals surface area contributed by atoms with E-state index in [9.17, 15) is 9.59 Å². The van der Waals surface area contributed by atoms with Crippen LogP contribution in [-0.4, -0.2) is 22.5 Å². The summed E-state index contributed by atoms with van der Waals surface area (Å²) in [5.41, 5.74) is -0.0894. The van der Waals surface area contributed by atoms with Gasteiger partial charge < -0.3 is 5.32 Å². The zero-order chi connectivity index (χ0) is 16.3. The van der Waals surface area contributed by atoms with Crippen molar-refractivity contribution >= 4 is 28.4 Å². The fourth-order valence-corrected chi connectivity index (χ4v) is 4.47. The number of anilines is 1. The molecule has 1 N–H and O–H groups in total. The minimum absolute atomic E-state index is 0.110. The molecule has 0 bridgehead atoms. The molecule has 5 rings (SSSR count). The largest absolute Gasteiger partial charge is 0.329 e. The van der Waals surface area contributed by atoms with E-state index in [2.05, 4.69) is 10.3 Å². The van der Waals surface area contributed by atoms with Crippen LogP contribution in [0.15, 0.2) is 36.7 Å². The van der Waals surface area contributed by atoms with Gasteiger partial charge in [-0.15, -0.1) is 0 Å². The fraction of sp³-hybridized carbons (Fsp3) is 0.421. The van der Waals surface area contributed by atoms with Crippen molar-refractivity contribution in [1.82, 2.24) is 10.3 Å². The van der Waals surface area contributed by atoms with E-state index in [0.717, 1.165) is 29.5 Å². The van der Waals surface area contributed by atoms with Gasteiger partial charge in [0, 0.05) is 17.0 Å². The molecule has 1 aromatic heterocycles. The molecule has 24 heavy (non-hydrogen) atoms. The molecular formula is C19H19N3O2. The molecule has 3 aliphatic rings. The molecule has 1 saturated heterocycles. The number of carbonyl (C=O) groups excluding carboxylic acids is 2. The third-order valence-electron chi connectivity index (χ3n) is 6.09. The summed E-state index contributed by atoms with van der Waals surface area (Å²) in [5.74, 6) is 1.24. The SMILES string of the molecule is O=C1N[C@]2(C[C@@H](C3CCC3)C2)C(=O)N1c1cncc2ccccc12. The van der Waals surface area contributed by atoms with E-state index in [1.807, 2.05) is 24.3 Å². The predicted molar refractivity (Wildman–Crippen MR) is 90.6 cm³/mol. The lowest BCUT2D eigenvalue weighted by atomic mass is 9.58. The Bertz CT molecular complexity index is 847. The number of urea groups is 1. The number of amides is 3. The minimum Gasteiger partial charge on any atom is -0.323 e. The highest BCUT2D eigenvalue weighted by Crippen LogP contribution is 2.51. The topological polar surface area (TPSA) is 62.3 Å². The summed E-state index contributed by atoms with van der Waals surface area (Å²) in [7, 11) is 0. The summed E-state index contributed by atoms with van der Waals surface area (Å²) in [6, 6.07) is 7.39. The van der Waals surface area contributed by atoms with Crippen LogP contribution in [0.3, 0.4) is 0 Å². The Hall–Kier alpha value is -2.43. The highest BCUT2D eigenvalue weighted by molar-refractivity contribution is 6.26. The molecule has 2 heterocycles. The van der Waals surface area contributed by atoms with Gasteiger partial charge in [-0.05, 0) is 24.7 Å². The third-order valence-corrected chi connectivity index (χ3v) is 6.09. The molecule has 1 spiro atoms. The second-order valence-corrected chi connectivity index (χ2v) is 7.39. The quantitative estimate of drug-likeness (QED) is 0.864. The second kappa shape index (κ2) is 4.79. The Morgan fingerprint density at radius 1 is 1.08 bits per heavy atom. The van der Waals surface area contributed by atoms with E-state index >= 15 is 0 Å². The number of hydrogen-bond donors (Lipinski definition) is 1. The molecule has 2 saturated carbocycles. The first-order valence-electron chi connectivity index (χ1n) is 8.67. The van der Waals surface area contributed by atoms with Gasteiger partial charge in [-0.1, -0.05) is 43.5 Å². The van der Waals surface area contributed by atoms with Crippen molar-refractivity contribution in [2.24, 2.45) is 11.8 Å². The number of nitrogens with zero attached hydrogens (tertiary/aromatic N) is 2. The Balaban J connectivity index is 1.48. The molecule has 1 aliphatic heterocycles. The van der Waals surface area contributed by atoms with Crippen LogP contribution in [0.25, 0.3) is 10.8 Å². The molecule has 2 aliphatic carbocycles. The summed E-state index contributed by atoms with van der Waals surface area (Å²) in [5, 5.41) is 4.78. The van der Waals surface area contributed by atoms with Gasteiger partial charge in [0.25, 0.3) is 5.91 Å². The molecule has 122 valence electrons. The van der Waals surface area contributed by atoms with Crippen LogP contribution in [0.4, 0.5) is 10.5 Å². The van der Waals surface area contributed by atoms with E-state index in [4.69, 9.17) is 0 Å². The van der Waals surface area contributed by atoms with Crippen molar-refractivity contribution in [1.29, 1.82) is 0 Å². The van der Waals surface area contributed by atoms with Gasteiger partial charge >= 0.3 is 6.03 Å². The maximum atomic E-state index is 13.1. The molecule has 5 nitrogen and oxygen atoms in total. The summed E-state index contributed by atoms with van der Waals surface area (Å²) >= 11 is 0. The van der Waals surface area contributed by atoms with Gasteiger partial charge in [0.15, 0.2) is 0 Å². The molecule has 0 unspecified atom stereocenters. The maximum Gasteiger partial charge on any atom is 0.329 e. The number of nitrogens with one attached hydrogen (secondary N) is 1. The number of carbonyl (C=O) groups is 2. The average molecular weight is 321 g/mol. The molecule has 1 aromatic carbocycles. The zero-order valence-electron chi connectivity index (χ0n) is 13.4. The minimum atomic E-state index is -0.672. The zero-order valence-corrected chi connectivity index (χ0v) is 13.4. The number of fused-ring (bicyclic) bond motifs is 1. The number of aromatic nitrogens is 1. The van der Waals surface area contributed by atoms with Gasteiger partial charge in [0.1, 0.15) is 5.54 Å². The Morgan fingerprint density at radius 3 is 2.62 bits per heavy atom. The summed E-state index contributed by atoms with van der Waals surface area (Å²) in [4.78, 5) is 31.1. The Morgan fingerprint density at radius 2 is 1.88 bits per heavy atom. The third kappa shape index (κ3) is 1.78. The normalized spacial score (nSPS) is 29.7. The van der Waals surface area contributed by atoms with Crippen LogP contribution in [0, 0.1) is 11.8 Å². The fourth-order valence-electron chi connectivity index (χ4n) is 4.47. The highest BCUT2D eigenvalue weighted by Gasteiger charge is 2.60. The van der Waals surface area contributed by atoms with Crippen molar-refractivity contribution in [3.63, 3.8) is 0 Å². The van der Waals surface area contributed by atoms with Crippen molar-refractivity contribution in [2.75, 3.05) is 4.90 Å². The monoisotopic (exact) mass is 321 g/mol. The van der Waals surface area contributed by atoms with E-state index < -0.39 is 5.54 Å². The molecule has 0 radical (unpaired) electrons. The van der Waals surface area contributed by atoms with Crippen LogP contribution in [0.5, 0.6) is 0 Å². The molecule has 3 amide bonds. The van der Waals surface area contributed by atoms with Crippen molar-refractivity contribution < 1.29 is 9.59 Å². The molecule has 0 atom stereocenters. The van der Waals surface area contributed by atoms with Gasteiger partial charge in [-0.2, -0.15) is 0 Å². The lowest BCUT2D eigenvalue weighted by Gasteiger charge is -2.49. The second-order valence-electron chi connectivity index (χ2n) is 7.39. The number of pyridine rings is 1. The first kappa shape index (κ1) is 14.0. The van der Waals surface area contributed by atoms with E-state index in [1.54, 1.807) is 12.4 Å². The van der Waals surface area contributed by atoms with E-state index in [0.29, 0.717) is 11.6 Å². The first-order valence-corrected chi connectivity index (χ1v) is 8.67. The number of benzene rings is 1. The molecule has 3 fully saturated rings. The summed E-state index contributed by atoms with van der Waals surface area (Å²) < 4.78 is 0. The Kier molecular flexibility index (Phi) is 2.78. The van der Waals surface area contributed by atoms with Crippen molar-refractivity contribution in [3.8, 4) is 0 Å². The molecular weight excluding hydrogens is 302 g/mol. The van der Waals surface area contributed by atoms with Gasteiger partial charge in [-0.25, -0.2) is 9.69 Å². The maximum absolute atomic E-state index is 13.1. The summed E-state index contributed by atoms with van der Waals surface area (Å²) in [6.45, 7) is 0. The van der Waals surface area contributed by atoms with Gasteiger partial charge in [-0.3, -0.25) is 9.78 Å². The predicted octanol–water partition coefficient (Wildman–Crippen LogP) is 3.24. The summed E-state index contributed by atoms with van der Waals surface area (Å²) in [6.07, 6.45) is 8.81. The van der Waals surface area contributed by atoms with Gasteiger partial charge in [0.2, 0.25) is 0 Å². The van der Waals surface area contributed by atoms with Crippen LogP contribution < -0.4 is 10.2 Å². The lowest BCUT2D eigenvalue weighted by molar-refractivity contribution is -0.128. The number of rotatable bonds is 2. The smallest absolute Gasteiger partial charge is 0.323 e. The van der Waals surface area contributed by atoms with Crippen molar-refractivity contribution in [2.45, 2.75) is 37.6 Å². The highest BCUT2D eigenvalue weighted by atomic mass is 16.2. The molecule has 2 aromatic rings. The Labute approximate surface area is 140 Å². The number of imide groups is 1. The van der Waals surface area contributed by atoms with Crippen molar-refractivity contribution in [3.05, 3.63) is 36.7 Å². The standard InChI is InChI=1S/C19H19N3O2/c23-17-19(8-14(9-19)12-5-3-6-12)21-18(24)22(17)16-11-20-10-13-4-1-2-7-15(13)16/h1-2,4,7,10-12,14H,3,5-6,8-9H2,(H,21,24)/t14-,19+. The lowest BCUT2D eigenvalue weighted by Crippen LogP contribution is -2.59. The van der Waals surface area contributed by atoms with E-state index in [-0.39, 0.29) is 11.9 Å². The van der Waals surface area contributed by atoms with Crippen LogP contribution in [0.1, 0.15) is 32.1 Å². The van der Waals surface area contributed by atoms with Gasteiger partial charge in [0.05, 0.1) is 11.9 Å². The van der Waals surface area contributed by atoms with Crippen LogP contribution in [0.2, 0.25) is 0 Å².